The summed E-state index contributed by atoms with van der Waals surface area (Å²) in [7, 11) is 0. The Bertz CT molecular complexity index is 1220. The van der Waals surface area contributed by atoms with E-state index in [0.29, 0.717) is 5.69 Å². The maximum Gasteiger partial charge on any atom is 0.290 e. The molecule has 2 N–H and O–H groups in total. The standard InChI is InChI=1S/C20H18N6S.CH2O2/c21-9-14-7-16-17-6-13(10-23-20(17)24-18(16)11-22-14)19-8-15(25-27-19)12-26-4-2-1-3-5-26;2-1-3/h6-8,10-11H,1-5,12H2,(H,23,24);1H,(H,2,3). The van der Waals surface area contributed by atoms with E-state index < -0.39 is 0 Å². The fourth-order valence-corrected chi connectivity index (χ4v) is 4.47. The summed E-state index contributed by atoms with van der Waals surface area (Å²) in [4.78, 5) is 23.9. The molecular weight excluding hydrogens is 400 g/mol. The van der Waals surface area contributed by atoms with Crippen LogP contribution >= 0.6 is 11.5 Å². The molecule has 0 aromatic carbocycles. The average Bonchev–Trinajstić information content (AvgIpc) is 3.38. The Morgan fingerprint density at radius 1 is 1.17 bits per heavy atom. The van der Waals surface area contributed by atoms with Crippen molar-refractivity contribution in [2.24, 2.45) is 0 Å². The molecule has 0 unspecified atom stereocenters. The van der Waals surface area contributed by atoms with E-state index in [1.807, 2.05) is 12.3 Å². The van der Waals surface area contributed by atoms with Crippen molar-refractivity contribution in [3.8, 4) is 16.5 Å². The minimum absolute atomic E-state index is 0.250. The zero-order chi connectivity index (χ0) is 20.9. The number of H-pyrrole nitrogens is 1. The van der Waals surface area contributed by atoms with Gasteiger partial charge in [0, 0.05) is 29.1 Å². The van der Waals surface area contributed by atoms with Crippen molar-refractivity contribution in [2.75, 3.05) is 13.1 Å². The number of nitriles is 1. The molecule has 1 aliphatic heterocycles. The van der Waals surface area contributed by atoms with Crippen LogP contribution in [-0.2, 0) is 11.3 Å². The third-order valence-corrected chi connectivity index (χ3v) is 6.00. The van der Waals surface area contributed by atoms with Crippen LogP contribution in [0.3, 0.4) is 0 Å². The monoisotopic (exact) mass is 420 g/mol. The van der Waals surface area contributed by atoms with Crippen LogP contribution in [0.25, 0.3) is 32.4 Å². The van der Waals surface area contributed by atoms with Crippen molar-refractivity contribution >= 4 is 39.9 Å². The first-order valence-corrected chi connectivity index (χ1v) is 10.4. The topological polar surface area (TPSA) is 119 Å². The summed E-state index contributed by atoms with van der Waals surface area (Å²) in [5.41, 5.74) is 4.30. The van der Waals surface area contributed by atoms with Gasteiger partial charge in [-0.25, -0.2) is 9.97 Å². The second-order valence-electron chi connectivity index (χ2n) is 7.10. The second kappa shape index (κ2) is 8.98. The van der Waals surface area contributed by atoms with Crippen LogP contribution in [0.5, 0.6) is 0 Å². The molecular formula is C21H20N6O2S. The number of carboxylic acid groups (broad SMARTS) is 1. The van der Waals surface area contributed by atoms with Gasteiger partial charge in [0.2, 0.25) is 0 Å². The largest absolute Gasteiger partial charge is 0.483 e. The quantitative estimate of drug-likeness (QED) is 0.484. The van der Waals surface area contributed by atoms with Gasteiger partial charge in [-0.2, -0.15) is 9.64 Å². The number of rotatable bonds is 3. The van der Waals surface area contributed by atoms with Crippen molar-refractivity contribution in [3.05, 3.63) is 42.0 Å². The molecule has 4 aromatic rings. The molecule has 1 fully saturated rings. The van der Waals surface area contributed by atoms with Crippen LogP contribution in [0.1, 0.15) is 30.7 Å². The molecule has 30 heavy (non-hydrogen) atoms. The molecule has 8 nitrogen and oxygen atoms in total. The molecule has 0 radical (unpaired) electrons. The lowest BCUT2D eigenvalue weighted by Gasteiger charge is -2.25. The Labute approximate surface area is 177 Å². The van der Waals surface area contributed by atoms with Gasteiger partial charge in [-0.1, -0.05) is 6.42 Å². The molecule has 0 bridgehead atoms. The zero-order valence-electron chi connectivity index (χ0n) is 16.2. The van der Waals surface area contributed by atoms with Crippen LogP contribution in [0.4, 0.5) is 0 Å². The molecule has 4 aromatic heterocycles. The minimum Gasteiger partial charge on any atom is -0.483 e. The summed E-state index contributed by atoms with van der Waals surface area (Å²) >= 11 is 1.52. The zero-order valence-corrected chi connectivity index (χ0v) is 17.0. The van der Waals surface area contributed by atoms with Gasteiger partial charge in [-0.05, 0) is 55.7 Å². The van der Waals surface area contributed by atoms with Crippen molar-refractivity contribution in [2.45, 2.75) is 25.8 Å². The normalized spacial score (nSPS) is 14.2. The van der Waals surface area contributed by atoms with E-state index in [1.54, 1.807) is 6.20 Å². The number of nitrogens with zero attached hydrogens (tertiary/aromatic N) is 5. The van der Waals surface area contributed by atoms with Crippen molar-refractivity contribution in [3.63, 3.8) is 0 Å². The number of piperidine rings is 1. The SMILES string of the molecule is N#Cc1cc2c(cn1)[nH]c1ncc(-c3cc(CN4CCCCC4)ns3)cc12.O=CO. The van der Waals surface area contributed by atoms with Gasteiger partial charge in [0.15, 0.2) is 0 Å². The highest BCUT2D eigenvalue weighted by Crippen LogP contribution is 2.31. The Hall–Kier alpha value is -3.35. The molecule has 0 spiro atoms. The molecule has 0 atom stereocenters. The summed E-state index contributed by atoms with van der Waals surface area (Å²) < 4.78 is 4.66. The summed E-state index contributed by atoms with van der Waals surface area (Å²) in [5.74, 6) is 0. The number of hydrogen-bond donors (Lipinski definition) is 2. The van der Waals surface area contributed by atoms with Crippen LogP contribution in [0.2, 0.25) is 0 Å². The van der Waals surface area contributed by atoms with Gasteiger partial charge >= 0.3 is 0 Å². The number of aromatic amines is 1. The van der Waals surface area contributed by atoms with Crippen LogP contribution in [0, 0.1) is 11.3 Å². The highest BCUT2D eigenvalue weighted by Gasteiger charge is 2.14. The number of pyridine rings is 2. The first kappa shape index (κ1) is 19.9. The highest BCUT2D eigenvalue weighted by molar-refractivity contribution is 7.09. The Balaban J connectivity index is 0.000000687. The van der Waals surface area contributed by atoms with Gasteiger partial charge < -0.3 is 10.1 Å². The molecule has 1 aliphatic rings. The van der Waals surface area contributed by atoms with E-state index in [1.165, 1.54) is 43.9 Å². The molecule has 9 heteroatoms. The number of likely N-dealkylation sites (tertiary alicyclic amines) is 1. The van der Waals surface area contributed by atoms with Gasteiger partial charge in [0.1, 0.15) is 17.4 Å². The number of hydrogen-bond acceptors (Lipinski definition) is 7. The molecule has 1 saturated heterocycles. The smallest absolute Gasteiger partial charge is 0.290 e. The van der Waals surface area contributed by atoms with E-state index >= 15 is 0 Å². The average molecular weight is 420 g/mol. The maximum atomic E-state index is 9.13. The third-order valence-electron chi connectivity index (χ3n) is 5.13. The van der Waals surface area contributed by atoms with Gasteiger partial charge in [-0.3, -0.25) is 9.69 Å². The molecule has 5 heterocycles. The van der Waals surface area contributed by atoms with E-state index in [4.69, 9.17) is 15.2 Å². The summed E-state index contributed by atoms with van der Waals surface area (Å²) in [6.45, 7) is 3.02. The minimum atomic E-state index is -0.250. The maximum absolute atomic E-state index is 9.13. The molecule has 5 rings (SSSR count). The van der Waals surface area contributed by atoms with E-state index in [0.717, 1.165) is 44.6 Å². The van der Waals surface area contributed by atoms with Gasteiger partial charge in [-0.15, -0.1) is 0 Å². The van der Waals surface area contributed by atoms with Crippen molar-refractivity contribution in [1.82, 2.24) is 24.2 Å². The highest BCUT2D eigenvalue weighted by atomic mass is 32.1. The van der Waals surface area contributed by atoms with Crippen LogP contribution < -0.4 is 0 Å². The lowest BCUT2D eigenvalue weighted by Crippen LogP contribution is -2.29. The summed E-state index contributed by atoms with van der Waals surface area (Å²) in [5, 5.41) is 18.0. The number of aromatic nitrogens is 4. The second-order valence-corrected chi connectivity index (χ2v) is 7.90. The van der Waals surface area contributed by atoms with Crippen LogP contribution in [-0.4, -0.2) is 48.9 Å². The Morgan fingerprint density at radius 2 is 1.97 bits per heavy atom. The first-order chi connectivity index (χ1) is 14.7. The van der Waals surface area contributed by atoms with Crippen LogP contribution in [0.15, 0.2) is 30.6 Å². The van der Waals surface area contributed by atoms with E-state index in [9.17, 15) is 0 Å². The van der Waals surface area contributed by atoms with Crippen molar-refractivity contribution in [1.29, 1.82) is 5.26 Å². The van der Waals surface area contributed by atoms with E-state index in [-0.39, 0.29) is 6.47 Å². The molecule has 0 aliphatic carbocycles. The molecule has 0 amide bonds. The number of nitrogens with one attached hydrogen (secondary N) is 1. The predicted octanol–water partition coefficient (Wildman–Crippen LogP) is 3.79. The summed E-state index contributed by atoms with van der Waals surface area (Å²) in [6.07, 6.45) is 7.50. The lowest BCUT2D eigenvalue weighted by molar-refractivity contribution is -0.122. The summed E-state index contributed by atoms with van der Waals surface area (Å²) in [6, 6.07) is 8.22. The fraction of sp³-hybridized carbons (Fsp3) is 0.286. The van der Waals surface area contributed by atoms with E-state index in [2.05, 4.69) is 42.4 Å². The third kappa shape index (κ3) is 4.15. The predicted molar refractivity (Wildman–Crippen MR) is 115 cm³/mol. The van der Waals surface area contributed by atoms with Crippen molar-refractivity contribution < 1.29 is 9.90 Å². The lowest BCUT2D eigenvalue weighted by atomic mass is 10.1. The fourth-order valence-electron chi connectivity index (χ4n) is 3.74. The Kier molecular flexibility index (Phi) is 5.97. The van der Waals surface area contributed by atoms with Gasteiger partial charge in [0.05, 0.1) is 22.3 Å². The first-order valence-electron chi connectivity index (χ1n) is 9.65. The molecule has 0 saturated carbocycles. The number of carbonyl (C=O) groups is 1. The number of fused-ring (bicyclic) bond motifs is 3. The van der Waals surface area contributed by atoms with Gasteiger partial charge in [0.25, 0.3) is 6.47 Å². The molecule has 152 valence electrons. The Morgan fingerprint density at radius 3 is 2.73 bits per heavy atom.